The zero-order valence-corrected chi connectivity index (χ0v) is 15.5. The predicted octanol–water partition coefficient (Wildman–Crippen LogP) is -1.12. The van der Waals surface area contributed by atoms with Gasteiger partial charge in [-0.15, -0.1) is 0 Å². The van der Waals surface area contributed by atoms with Crippen molar-refractivity contribution in [2.45, 2.75) is 6.10 Å². The van der Waals surface area contributed by atoms with E-state index in [2.05, 4.69) is 0 Å². The first kappa shape index (κ1) is 20.1. The topological polar surface area (TPSA) is 130 Å². The average Bonchev–Trinajstić information content (AvgIpc) is 2.92. The van der Waals surface area contributed by atoms with Gasteiger partial charge in [-0.3, -0.25) is 9.59 Å². The van der Waals surface area contributed by atoms with Gasteiger partial charge in [-0.1, -0.05) is 6.07 Å². The van der Waals surface area contributed by atoms with Gasteiger partial charge in [0.25, 0.3) is 11.8 Å². The molecule has 0 unspecified atom stereocenters. The molecule has 1 aliphatic heterocycles. The molecule has 1 heterocycles. The second-order valence-corrected chi connectivity index (χ2v) is 8.61. The zero-order valence-electron chi connectivity index (χ0n) is 14.7. The predicted molar refractivity (Wildman–Crippen MR) is 94.0 cm³/mol. The number of β-amino-alcohol motifs (C(OH)–C–C–N with tert-alkyl or cyclic N) is 1. The highest BCUT2D eigenvalue weighted by atomic mass is 32.2. The van der Waals surface area contributed by atoms with Gasteiger partial charge in [-0.2, -0.15) is 0 Å². The Kier molecular flexibility index (Phi) is 6.21. The van der Waals surface area contributed by atoms with Crippen LogP contribution in [0.3, 0.4) is 0 Å². The van der Waals surface area contributed by atoms with E-state index in [1.165, 1.54) is 25.1 Å². The molecule has 0 aliphatic carbocycles. The Morgan fingerprint density at radius 2 is 2.04 bits per heavy atom. The Bertz CT molecular complexity index is 780. The van der Waals surface area contributed by atoms with Crippen LogP contribution in [0.4, 0.5) is 0 Å². The second-order valence-electron chi connectivity index (χ2n) is 6.38. The van der Waals surface area contributed by atoms with Crippen LogP contribution < -0.4 is 10.5 Å². The van der Waals surface area contributed by atoms with E-state index < -0.39 is 28.0 Å². The molecule has 2 amide bonds. The number of nitrogens with two attached hydrogens (primary N) is 1. The number of aliphatic hydroxyl groups excluding tert-OH is 1. The summed E-state index contributed by atoms with van der Waals surface area (Å²) < 4.78 is 30.3. The summed E-state index contributed by atoms with van der Waals surface area (Å²) in [7, 11) is -0.623. The van der Waals surface area contributed by atoms with Crippen molar-refractivity contribution in [3.8, 4) is 5.75 Å². The van der Waals surface area contributed by atoms with E-state index in [0.717, 1.165) is 4.31 Å². The number of primary amides is 1. The highest BCUT2D eigenvalue weighted by molar-refractivity contribution is 7.89. The van der Waals surface area contributed by atoms with Gasteiger partial charge in [0.2, 0.25) is 10.0 Å². The lowest BCUT2D eigenvalue weighted by molar-refractivity contribution is -0.119. The molecule has 9 nitrogen and oxygen atoms in total. The van der Waals surface area contributed by atoms with Gasteiger partial charge in [0.1, 0.15) is 5.75 Å². The number of aliphatic hydroxyl groups is 1. The molecule has 144 valence electrons. The Balaban J connectivity index is 2.07. The summed E-state index contributed by atoms with van der Waals surface area (Å²) in [6.07, 6.45) is -0.914. The molecule has 0 spiro atoms. The summed E-state index contributed by atoms with van der Waals surface area (Å²) in [6, 6.07) is 6.24. The number of carbonyl (C=O) groups is 2. The number of likely N-dealkylation sites (tertiary alicyclic amines) is 1. The molecular weight excluding hydrogens is 362 g/mol. The average molecular weight is 385 g/mol. The smallest absolute Gasteiger partial charge is 0.255 e. The van der Waals surface area contributed by atoms with Crippen LogP contribution in [-0.2, 0) is 14.8 Å². The lowest BCUT2D eigenvalue weighted by Gasteiger charge is -2.18. The van der Waals surface area contributed by atoms with Crippen LogP contribution in [0.15, 0.2) is 24.3 Å². The Morgan fingerprint density at radius 1 is 1.35 bits per heavy atom. The molecular formula is C16H23N3O6S. The largest absolute Gasteiger partial charge is 0.484 e. The number of nitrogens with zero attached hydrogens (tertiary/aromatic N) is 2. The Labute approximate surface area is 152 Å². The minimum Gasteiger partial charge on any atom is -0.484 e. The standard InChI is InChI=1S/C16H23N3O6S/c1-18(2)26(23,24)10-12-7-19(8-14(12)20)16(22)11-4-3-5-13(6-11)25-9-15(17)21/h3-6,12,14,20H,7-10H2,1-2H3,(H2,17,21)/t12-,14+/m0/s1. The summed E-state index contributed by atoms with van der Waals surface area (Å²) in [4.78, 5) is 24.8. The number of rotatable bonds is 7. The molecule has 1 aromatic rings. The third kappa shape index (κ3) is 4.93. The van der Waals surface area contributed by atoms with Crippen LogP contribution in [0.1, 0.15) is 10.4 Å². The van der Waals surface area contributed by atoms with E-state index in [9.17, 15) is 23.1 Å². The minimum atomic E-state index is -3.48. The molecule has 0 aromatic heterocycles. The molecule has 0 bridgehead atoms. The monoisotopic (exact) mass is 385 g/mol. The van der Waals surface area contributed by atoms with E-state index in [4.69, 9.17) is 10.5 Å². The van der Waals surface area contributed by atoms with Gasteiger partial charge in [-0.05, 0) is 18.2 Å². The van der Waals surface area contributed by atoms with Crippen molar-refractivity contribution in [1.29, 1.82) is 0 Å². The van der Waals surface area contributed by atoms with Gasteiger partial charge in [-0.25, -0.2) is 12.7 Å². The van der Waals surface area contributed by atoms with Gasteiger partial charge < -0.3 is 20.5 Å². The molecule has 3 N–H and O–H groups in total. The molecule has 2 atom stereocenters. The quantitative estimate of drug-likeness (QED) is 0.611. The zero-order chi connectivity index (χ0) is 19.5. The molecule has 0 radical (unpaired) electrons. The number of sulfonamides is 1. The molecule has 2 rings (SSSR count). The van der Waals surface area contributed by atoms with Gasteiger partial charge in [0.05, 0.1) is 11.9 Å². The maximum Gasteiger partial charge on any atom is 0.255 e. The first-order valence-electron chi connectivity index (χ1n) is 7.99. The minimum absolute atomic E-state index is 0.0544. The van der Waals surface area contributed by atoms with Crippen molar-refractivity contribution in [2.75, 3.05) is 39.5 Å². The third-order valence-corrected chi connectivity index (χ3v) is 6.10. The van der Waals surface area contributed by atoms with E-state index in [1.807, 2.05) is 0 Å². The van der Waals surface area contributed by atoms with Gasteiger partial charge in [0.15, 0.2) is 6.61 Å². The van der Waals surface area contributed by atoms with E-state index in [0.29, 0.717) is 11.3 Å². The summed E-state index contributed by atoms with van der Waals surface area (Å²) in [5.41, 5.74) is 5.34. The molecule has 0 saturated carbocycles. The molecule has 1 saturated heterocycles. The number of carbonyl (C=O) groups excluding carboxylic acids is 2. The maximum atomic E-state index is 12.6. The summed E-state index contributed by atoms with van der Waals surface area (Å²) >= 11 is 0. The summed E-state index contributed by atoms with van der Waals surface area (Å²) in [6.45, 7) is -0.108. The van der Waals surface area contributed by atoms with Crippen molar-refractivity contribution in [2.24, 2.45) is 11.7 Å². The number of benzene rings is 1. The molecule has 1 fully saturated rings. The van der Waals surface area contributed by atoms with E-state index >= 15 is 0 Å². The maximum absolute atomic E-state index is 12.6. The van der Waals surface area contributed by atoms with Crippen LogP contribution in [0.5, 0.6) is 5.75 Å². The van der Waals surface area contributed by atoms with Crippen LogP contribution in [-0.4, -0.2) is 80.2 Å². The van der Waals surface area contributed by atoms with Gasteiger partial charge in [0, 0.05) is 38.7 Å². The number of hydrogen-bond acceptors (Lipinski definition) is 6. The van der Waals surface area contributed by atoms with Crippen LogP contribution in [0.25, 0.3) is 0 Å². The highest BCUT2D eigenvalue weighted by Crippen LogP contribution is 2.23. The lowest BCUT2D eigenvalue weighted by Crippen LogP contribution is -2.33. The fourth-order valence-corrected chi connectivity index (χ4v) is 3.83. The number of ether oxygens (including phenoxy) is 1. The molecule has 1 aliphatic rings. The number of hydrogen-bond donors (Lipinski definition) is 2. The van der Waals surface area contributed by atoms with E-state index in [-0.39, 0.29) is 31.4 Å². The van der Waals surface area contributed by atoms with Crippen molar-refractivity contribution < 1.29 is 27.9 Å². The van der Waals surface area contributed by atoms with Crippen LogP contribution >= 0.6 is 0 Å². The fourth-order valence-electron chi connectivity index (χ4n) is 2.66. The molecule has 26 heavy (non-hydrogen) atoms. The molecule has 1 aromatic carbocycles. The normalized spacial score (nSPS) is 20.4. The Morgan fingerprint density at radius 3 is 2.65 bits per heavy atom. The van der Waals surface area contributed by atoms with Crippen LogP contribution in [0.2, 0.25) is 0 Å². The van der Waals surface area contributed by atoms with E-state index in [1.54, 1.807) is 18.2 Å². The lowest BCUT2D eigenvalue weighted by atomic mass is 10.1. The van der Waals surface area contributed by atoms with Crippen LogP contribution in [0, 0.1) is 5.92 Å². The number of amides is 2. The SMILES string of the molecule is CN(C)S(=O)(=O)C[C@@H]1CN(C(=O)c2cccc(OCC(N)=O)c2)C[C@H]1O. The van der Waals surface area contributed by atoms with Crippen molar-refractivity contribution in [3.63, 3.8) is 0 Å². The first-order valence-corrected chi connectivity index (χ1v) is 9.60. The highest BCUT2D eigenvalue weighted by Gasteiger charge is 2.37. The fraction of sp³-hybridized carbons (Fsp3) is 0.500. The third-order valence-electron chi connectivity index (χ3n) is 4.14. The summed E-state index contributed by atoms with van der Waals surface area (Å²) in [5.74, 6) is -1.44. The van der Waals surface area contributed by atoms with Crippen molar-refractivity contribution >= 4 is 21.8 Å². The van der Waals surface area contributed by atoms with Crippen molar-refractivity contribution in [3.05, 3.63) is 29.8 Å². The second kappa shape index (κ2) is 8.02. The summed E-state index contributed by atoms with van der Waals surface area (Å²) in [5, 5.41) is 10.1. The molecule has 10 heteroatoms. The van der Waals surface area contributed by atoms with Gasteiger partial charge >= 0.3 is 0 Å². The first-order chi connectivity index (χ1) is 12.1. The van der Waals surface area contributed by atoms with Crippen molar-refractivity contribution in [1.82, 2.24) is 9.21 Å². The Hall–Kier alpha value is -2.17.